The summed E-state index contributed by atoms with van der Waals surface area (Å²) >= 11 is 0. The van der Waals surface area contributed by atoms with Gasteiger partial charge in [0.25, 0.3) is 5.91 Å². The molecule has 2 aliphatic rings. The van der Waals surface area contributed by atoms with Crippen molar-refractivity contribution in [3.8, 4) is 6.07 Å². The van der Waals surface area contributed by atoms with E-state index in [1.165, 1.54) is 12.1 Å². The fourth-order valence-electron chi connectivity index (χ4n) is 3.92. The van der Waals surface area contributed by atoms with Gasteiger partial charge in [-0.15, -0.1) is 0 Å². The Balaban J connectivity index is 1.75. The van der Waals surface area contributed by atoms with Gasteiger partial charge in [-0.05, 0) is 49.5 Å². The number of nitrogens with one attached hydrogen (secondary N) is 1. The number of fused-ring (bicyclic) bond motifs is 1. The highest BCUT2D eigenvalue weighted by atomic mass is 19.4. The normalized spacial score (nSPS) is 18.4. The lowest BCUT2D eigenvalue weighted by atomic mass is 9.83. The van der Waals surface area contributed by atoms with Gasteiger partial charge in [-0.25, -0.2) is 13.8 Å². The Kier molecular flexibility index (Phi) is 5.07. The van der Waals surface area contributed by atoms with E-state index >= 15 is 0 Å². The minimum absolute atomic E-state index is 0.00664. The lowest BCUT2D eigenvalue weighted by molar-refractivity contribution is -0.141. The fourth-order valence-corrected chi connectivity index (χ4v) is 3.92. The first-order valence-electron chi connectivity index (χ1n) is 9.67. The lowest BCUT2D eigenvalue weighted by Crippen LogP contribution is -2.26. The number of nitrogens with zero attached hydrogens (tertiary/aromatic N) is 3. The third-order valence-corrected chi connectivity index (χ3v) is 5.59. The van der Waals surface area contributed by atoms with Gasteiger partial charge in [-0.2, -0.15) is 18.4 Å². The highest BCUT2D eigenvalue weighted by Gasteiger charge is 2.41. The summed E-state index contributed by atoms with van der Waals surface area (Å²) in [5.41, 5.74) is -1.24. The van der Waals surface area contributed by atoms with Crippen molar-refractivity contribution >= 4 is 11.6 Å². The first-order chi connectivity index (χ1) is 14.6. The Morgan fingerprint density at radius 3 is 2.52 bits per heavy atom. The summed E-state index contributed by atoms with van der Waals surface area (Å²) in [4.78, 5) is 16.1. The highest BCUT2D eigenvalue weighted by Crippen LogP contribution is 2.40. The molecular weight excluding hydrogens is 419 g/mol. The third kappa shape index (κ3) is 4.17. The van der Waals surface area contributed by atoms with Crippen molar-refractivity contribution in [1.29, 1.82) is 5.26 Å². The number of halogens is 5. The fraction of sp³-hybridized carbons (Fsp3) is 0.381. The van der Waals surface area contributed by atoms with E-state index in [-0.39, 0.29) is 60.6 Å². The number of hydrogen-bond acceptors (Lipinski definition) is 3. The molecule has 2 aromatic rings. The van der Waals surface area contributed by atoms with Gasteiger partial charge < -0.3 is 5.32 Å². The Hall–Kier alpha value is -3.22. The van der Waals surface area contributed by atoms with Gasteiger partial charge >= 0.3 is 6.18 Å². The van der Waals surface area contributed by atoms with Gasteiger partial charge in [0.2, 0.25) is 5.92 Å². The summed E-state index contributed by atoms with van der Waals surface area (Å²) < 4.78 is 69.1. The van der Waals surface area contributed by atoms with E-state index in [0.717, 1.165) is 4.40 Å². The SMILES string of the molecule is N#Cc1cc(C(=O)NC2=CC=C2)cc2nc(C(F)(F)F)c(CC3CCC(F)(F)CC3)n12. The van der Waals surface area contributed by atoms with Crippen molar-refractivity contribution in [1.82, 2.24) is 14.7 Å². The van der Waals surface area contributed by atoms with Crippen LogP contribution in [0.25, 0.3) is 5.65 Å². The molecule has 2 aliphatic carbocycles. The van der Waals surface area contributed by atoms with Crippen LogP contribution < -0.4 is 5.32 Å². The Morgan fingerprint density at radius 2 is 1.97 bits per heavy atom. The first kappa shape index (κ1) is 21.0. The maximum absolute atomic E-state index is 13.7. The van der Waals surface area contributed by atoms with Crippen molar-refractivity contribution in [2.75, 3.05) is 0 Å². The number of rotatable bonds is 4. The topological polar surface area (TPSA) is 70.2 Å². The average Bonchev–Trinajstić information content (AvgIpc) is 3.04. The van der Waals surface area contributed by atoms with Gasteiger partial charge in [0, 0.05) is 24.1 Å². The molecule has 1 amide bonds. The third-order valence-electron chi connectivity index (χ3n) is 5.59. The number of imidazole rings is 1. The van der Waals surface area contributed by atoms with E-state index in [4.69, 9.17) is 0 Å². The van der Waals surface area contributed by atoms with E-state index < -0.39 is 23.7 Å². The molecule has 0 spiro atoms. The van der Waals surface area contributed by atoms with Crippen LogP contribution in [-0.4, -0.2) is 21.2 Å². The number of nitriles is 1. The molecule has 0 aromatic carbocycles. The second-order valence-electron chi connectivity index (χ2n) is 7.78. The highest BCUT2D eigenvalue weighted by molar-refractivity contribution is 5.97. The van der Waals surface area contributed by atoms with E-state index in [1.807, 2.05) is 6.07 Å². The molecule has 1 N–H and O–H groups in total. The molecule has 10 heteroatoms. The van der Waals surface area contributed by atoms with Crippen LogP contribution in [0.5, 0.6) is 0 Å². The van der Waals surface area contributed by atoms with E-state index in [1.54, 1.807) is 18.2 Å². The van der Waals surface area contributed by atoms with Gasteiger partial charge in [-0.1, -0.05) is 6.08 Å². The minimum atomic E-state index is -4.79. The number of alkyl halides is 5. The zero-order valence-electron chi connectivity index (χ0n) is 16.1. The maximum atomic E-state index is 13.7. The van der Waals surface area contributed by atoms with Crippen LogP contribution in [0.3, 0.4) is 0 Å². The Morgan fingerprint density at radius 1 is 1.29 bits per heavy atom. The number of pyridine rings is 1. The van der Waals surface area contributed by atoms with Crippen molar-refractivity contribution in [3.05, 3.63) is 58.7 Å². The second-order valence-corrected chi connectivity index (χ2v) is 7.78. The standard InChI is InChI=1S/C21H17F5N4O/c22-20(23)6-4-12(5-7-20)8-16-18(21(24,25)26)29-17-10-13(9-15(11-27)30(16)17)19(31)28-14-2-1-3-14/h1-3,9-10,12H,4-8H2,(H,28,31). The Bertz CT molecular complexity index is 1140. The first-order valence-corrected chi connectivity index (χ1v) is 9.67. The number of hydrogen-bond donors (Lipinski definition) is 1. The molecule has 1 fully saturated rings. The summed E-state index contributed by atoms with van der Waals surface area (Å²) in [6.45, 7) is 0. The van der Waals surface area contributed by atoms with E-state index in [2.05, 4.69) is 10.3 Å². The van der Waals surface area contributed by atoms with Gasteiger partial charge in [0.05, 0.1) is 5.69 Å². The molecule has 0 aliphatic heterocycles. The molecule has 162 valence electrons. The molecule has 0 atom stereocenters. The average molecular weight is 436 g/mol. The van der Waals surface area contributed by atoms with Crippen molar-refractivity contribution < 1.29 is 26.7 Å². The quantitative estimate of drug-likeness (QED) is 0.702. The number of amides is 1. The second kappa shape index (κ2) is 7.48. The molecule has 5 nitrogen and oxygen atoms in total. The van der Waals surface area contributed by atoms with Crippen molar-refractivity contribution in [2.45, 2.75) is 44.2 Å². The zero-order chi connectivity index (χ0) is 22.4. The Labute approximate surface area is 173 Å². The molecule has 0 saturated heterocycles. The molecule has 2 heterocycles. The van der Waals surface area contributed by atoms with Crippen LogP contribution in [0.15, 0.2) is 36.1 Å². The summed E-state index contributed by atoms with van der Waals surface area (Å²) in [5.74, 6) is -3.76. The smallest absolute Gasteiger partial charge is 0.322 e. The summed E-state index contributed by atoms with van der Waals surface area (Å²) in [5, 5.41) is 12.1. The molecule has 2 aromatic heterocycles. The van der Waals surface area contributed by atoms with Gasteiger partial charge in [0.15, 0.2) is 5.69 Å². The predicted octanol–water partition coefficient (Wildman–Crippen LogP) is 4.78. The zero-order valence-corrected chi connectivity index (χ0v) is 16.1. The molecule has 0 unspecified atom stereocenters. The van der Waals surface area contributed by atoms with Crippen LogP contribution in [0.1, 0.15) is 53.1 Å². The van der Waals surface area contributed by atoms with Crippen LogP contribution in [0.2, 0.25) is 0 Å². The molecule has 4 rings (SSSR count). The number of carbonyl (C=O) groups excluding carboxylic acids is 1. The monoisotopic (exact) mass is 436 g/mol. The van der Waals surface area contributed by atoms with E-state index in [0.29, 0.717) is 5.70 Å². The summed E-state index contributed by atoms with van der Waals surface area (Å²) in [6, 6.07) is 4.22. The molecular formula is C21H17F5N4O. The van der Waals surface area contributed by atoms with Gasteiger partial charge in [-0.3, -0.25) is 9.20 Å². The predicted molar refractivity (Wildman–Crippen MR) is 100 cm³/mol. The van der Waals surface area contributed by atoms with Crippen molar-refractivity contribution in [3.63, 3.8) is 0 Å². The molecule has 1 saturated carbocycles. The van der Waals surface area contributed by atoms with E-state index in [9.17, 15) is 32.0 Å². The lowest BCUT2D eigenvalue weighted by Gasteiger charge is -2.28. The largest absolute Gasteiger partial charge is 0.435 e. The van der Waals surface area contributed by atoms with Crippen molar-refractivity contribution in [2.24, 2.45) is 5.92 Å². The molecule has 0 radical (unpaired) electrons. The molecule has 0 bridgehead atoms. The molecule has 31 heavy (non-hydrogen) atoms. The summed E-state index contributed by atoms with van der Waals surface area (Å²) in [7, 11) is 0. The number of allylic oxidation sites excluding steroid dienone is 3. The van der Waals surface area contributed by atoms with Crippen LogP contribution in [-0.2, 0) is 12.6 Å². The van der Waals surface area contributed by atoms with Crippen LogP contribution in [0, 0.1) is 17.2 Å². The summed E-state index contributed by atoms with van der Waals surface area (Å²) in [6.07, 6.45) is -0.525. The van der Waals surface area contributed by atoms with Gasteiger partial charge in [0.1, 0.15) is 17.4 Å². The van der Waals surface area contributed by atoms with Crippen LogP contribution >= 0.6 is 0 Å². The number of carbonyl (C=O) groups is 1. The van der Waals surface area contributed by atoms with Crippen LogP contribution in [0.4, 0.5) is 22.0 Å². The number of aromatic nitrogens is 2. The minimum Gasteiger partial charge on any atom is -0.322 e. The maximum Gasteiger partial charge on any atom is 0.435 e.